The zero-order chi connectivity index (χ0) is 20.8. The van der Waals surface area contributed by atoms with E-state index in [2.05, 4.69) is 15.3 Å². The van der Waals surface area contributed by atoms with Crippen LogP contribution >= 0.6 is 11.8 Å². The van der Waals surface area contributed by atoms with Crippen molar-refractivity contribution in [2.75, 3.05) is 18.2 Å². The first-order chi connectivity index (χ1) is 14.0. The third kappa shape index (κ3) is 5.29. The molecule has 9 heteroatoms. The highest BCUT2D eigenvalue weighted by atomic mass is 32.2. The number of carbonyl (C=O) groups is 1. The summed E-state index contributed by atoms with van der Waals surface area (Å²) >= 11 is 1.16. The highest BCUT2D eigenvalue weighted by Gasteiger charge is 2.17. The molecule has 0 saturated heterocycles. The van der Waals surface area contributed by atoms with Gasteiger partial charge in [0.1, 0.15) is 11.4 Å². The number of aromatic nitrogens is 2. The third-order valence-corrected chi connectivity index (χ3v) is 4.76. The summed E-state index contributed by atoms with van der Waals surface area (Å²) in [5, 5.41) is 14.3. The number of benzene rings is 2. The quantitative estimate of drug-likeness (QED) is 0.270. The van der Waals surface area contributed by atoms with Crippen LogP contribution in [0.3, 0.4) is 0 Å². The van der Waals surface area contributed by atoms with E-state index in [1.807, 2.05) is 43.3 Å². The number of ether oxygens (including phenoxy) is 1. The van der Waals surface area contributed by atoms with Crippen molar-refractivity contribution in [3.8, 4) is 17.0 Å². The number of nitrogens with one attached hydrogen (secondary N) is 1. The van der Waals surface area contributed by atoms with Gasteiger partial charge >= 0.3 is 0 Å². The molecule has 29 heavy (non-hydrogen) atoms. The van der Waals surface area contributed by atoms with Crippen LogP contribution in [0, 0.1) is 17.0 Å². The maximum atomic E-state index is 12.3. The Morgan fingerprint density at radius 1 is 1.17 bits per heavy atom. The second-order valence-corrected chi connectivity index (χ2v) is 6.96. The molecule has 1 aromatic heterocycles. The van der Waals surface area contributed by atoms with Gasteiger partial charge in [0.05, 0.1) is 29.5 Å². The Hall–Kier alpha value is -3.46. The maximum absolute atomic E-state index is 12.3. The smallest absolute Gasteiger partial charge is 0.296 e. The first-order valence-corrected chi connectivity index (χ1v) is 9.61. The fraction of sp³-hybridized carbons (Fsp3) is 0.150. The molecule has 3 aromatic rings. The summed E-state index contributed by atoms with van der Waals surface area (Å²) in [6.07, 6.45) is 0. The van der Waals surface area contributed by atoms with E-state index in [0.29, 0.717) is 10.9 Å². The number of anilines is 1. The number of methoxy groups -OCH3 is 1. The van der Waals surface area contributed by atoms with E-state index in [1.54, 1.807) is 6.07 Å². The first kappa shape index (κ1) is 20.3. The molecule has 148 valence electrons. The molecule has 0 saturated carbocycles. The predicted molar refractivity (Wildman–Crippen MR) is 111 cm³/mol. The van der Waals surface area contributed by atoms with Crippen LogP contribution in [0.5, 0.6) is 5.75 Å². The lowest BCUT2D eigenvalue weighted by Gasteiger charge is -2.08. The van der Waals surface area contributed by atoms with Crippen molar-refractivity contribution in [1.82, 2.24) is 9.97 Å². The Morgan fingerprint density at radius 3 is 2.62 bits per heavy atom. The van der Waals surface area contributed by atoms with E-state index < -0.39 is 10.8 Å². The summed E-state index contributed by atoms with van der Waals surface area (Å²) in [6.45, 7) is 1.86. The summed E-state index contributed by atoms with van der Waals surface area (Å²) in [6, 6.07) is 15.8. The molecule has 0 bridgehead atoms. The number of nitro benzene ring substituents is 1. The average Bonchev–Trinajstić information content (AvgIpc) is 2.72. The van der Waals surface area contributed by atoms with Gasteiger partial charge in [0, 0.05) is 11.3 Å². The van der Waals surface area contributed by atoms with Gasteiger partial charge in [-0.25, -0.2) is 9.97 Å². The molecule has 8 nitrogen and oxygen atoms in total. The molecule has 0 fully saturated rings. The fourth-order valence-electron chi connectivity index (χ4n) is 2.57. The summed E-state index contributed by atoms with van der Waals surface area (Å²) in [5.74, 6) is -0.0405. The van der Waals surface area contributed by atoms with Crippen molar-refractivity contribution in [2.24, 2.45) is 0 Å². The van der Waals surface area contributed by atoms with Gasteiger partial charge in [0.2, 0.25) is 5.91 Å². The summed E-state index contributed by atoms with van der Waals surface area (Å²) in [5.41, 5.74) is 2.38. The molecule has 2 aromatic carbocycles. The van der Waals surface area contributed by atoms with Gasteiger partial charge in [-0.2, -0.15) is 0 Å². The zero-order valence-corrected chi connectivity index (χ0v) is 16.6. The second kappa shape index (κ2) is 9.16. The Labute approximate surface area is 171 Å². The van der Waals surface area contributed by atoms with Crippen molar-refractivity contribution in [3.63, 3.8) is 0 Å². The molecule has 0 unspecified atom stereocenters. The van der Waals surface area contributed by atoms with E-state index in [-0.39, 0.29) is 17.1 Å². The predicted octanol–water partition coefficient (Wildman–Crippen LogP) is 4.10. The van der Waals surface area contributed by atoms with Crippen LogP contribution in [0.15, 0.2) is 59.8 Å². The molecular weight excluding hydrogens is 392 g/mol. The van der Waals surface area contributed by atoms with Crippen LogP contribution in [0.2, 0.25) is 0 Å². The van der Waals surface area contributed by atoms with Crippen molar-refractivity contribution >= 4 is 29.0 Å². The van der Waals surface area contributed by atoms with E-state index in [9.17, 15) is 14.9 Å². The topological polar surface area (TPSA) is 107 Å². The van der Waals surface area contributed by atoms with Gasteiger partial charge < -0.3 is 10.1 Å². The Balaban J connectivity index is 1.70. The van der Waals surface area contributed by atoms with Crippen molar-refractivity contribution < 1.29 is 14.5 Å². The van der Waals surface area contributed by atoms with E-state index in [0.717, 1.165) is 28.7 Å². The molecule has 0 radical (unpaired) electrons. The largest absolute Gasteiger partial charge is 0.496 e. The van der Waals surface area contributed by atoms with Crippen LogP contribution in [0.25, 0.3) is 11.3 Å². The van der Waals surface area contributed by atoms with E-state index in [1.165, 1.54) is 19.2 Å². The zero-order valence-electron chi connectivity index (χ0n) is 15.8. The lowest BCUT2D eigenvalue weighted by Crippen LogP contribution is -2.15. The molecule has 3 rings (SSSR count). The maximum Gasteiger partial charge on any atom is 0.296 e. The third-order valence-electron chi connectivity index (χ3n) is 3.91. The van der Waals surface area contributed by atoms with Crippen LogP contribution < -0.4 is 10.1 Å². The molecule has 0 aliphatic heterocycles. The molecule has 0 spiro atoms. The van der Waals surface area contributed by atoms with Gasteiger partial charge in [0.25, 0.3) is 5.69 Å². The number of hydrogen-bond donors (Lipinski definition) is 1. The minimum atomic E-state index is -0.568. The number of nitro groups is 1. The number of hydrogen-bond acceptors (Lipinski definition) is 7. The van der Waals surface area contributed by atoms with Gasteiger partial charge in [0.15, 0.2) is 5.16 Å². The molecule has 1 N–H and O–H groups in total. The second-order valence-electron chi connectivity index (χ2n) is 6.02. The minimum absolute atomic E-state index is 0.0147. The SMILES string of the molecule is COc1ccc(NC(=O)CSc2nc(C)cc(-c3ccccc3)n2)c([N+](=O)[O-])c1. The average molecular weight is 410 g/mol. The summed E-state index contributed by atoms with van der Waals surface area (Å²) < 4.78 is 4.99. The van der Waals surface area contributed by atoms with Crippen molar-refractivity contribution in [3.05, 3.63) is 70.4 Å². The van der Waals surface area contributed by atoms with Gasteiger partial charge in [-0.3, -0.25) is 14.9 Å². The highest BCUT2D eigenvalue weighted by molar-refractivity contribution is 7.99. The number of thioether (sulfide) groups is 1. The number of rotatable bonds is 7. The van der Waals surface area contributed by atoms with E-state index in [4.69, 9.17) is 4.74 Å². The number of nitrogens with zero attached hydrogens (tertiary/aromatic N) is 3. The highest BCUT2D eigenvalue weighted by Crippen LogP contribution is 2.29. The Bertz CT molecular complexity index is 1040. The van der Waals surface area contributed by atoms with Crippen LogP contribution in [-0.4, -0.2) is 33.7 Å². The first-order valence-electron chi connectivity index (χ1n) is 8.62. The Morgan fingerprint density at radius 2 is 1.93 bits per heavy atom. The molecular formula is C20H18N4O4S. The van der Waals surface area contributed by atoms with Crippen molar-refractivity contribution in [2.45, 2.75) is 12.1 Å². The number of carbonyl (C=O) groups excluding carboxylic acids is 1. The van der Waals surface area contributed by atoms with Crippen LogP contribution in [0.1, 0.15) is 5.69 Å². The molecule has 0 aliphatic carbocycles. The van der Waals surface area contributed by atoms with Gasteiger partial charge in [-0.1, -0.05) is 42.1 Å². The van der Waals surface area contributed by atoms with Crippen LogP contribution in [-0.2, 0) is 4.79 Å². The summed E-state index contributed by atoms with van der Waals surface area (Å²) in [4.78, 5) is 31.8. The molecule has 1 heterocycles. The number of amides is 1. The lowest BCUT2D eigenvalue weighted by atomic mass is 10.1. The van der Waals surface area contributed by atoms with Crippen LogP contribution in [0.4, 0.5) is 11.4 Å². The van der Waals surface area contributed by atoms with Gasteiger partial charge in [-0.05, 0) is 25.1 Å². The minimum Gasteiger partial charge on any atom is -0.496 e. The monoisotopic (exact) mass is 410 g/mol. The molecule has 1 amide bonds. The van der Waals surface area contributed by atoms with Crippen molar-refractivity contribution in [1.29, 1.82) is 0 Å². The molecule has 0 atom stereocenters. The van der Waals surface area contributed by atoms with Gasteiger partial charge in [-0.15, -0.1) is 0 Å². The van der Waals surface area contributed by atoms with E-state index >= 15 is 0 Å². The normalized spacial score (nSPS) is 10.4. The molecule has 0 aliphatic rings. The lowest BCUT2D eigenvalue weighted by molar-refractivity contribution is -0.384. The summed E-state index contributed by atoms with van der Waals surface area (Å²) in [7, 11) is 1.42. The standard InChI is InChI=1S/C20H18N4O4S/c1-13-10-17(14-6-4-3-5-7-14)23-20(21-13)29-12-19(25)22-16-9-8-15(28-2)11-18(16)24(26)27/h3-11H,12H2,1-2H3,(H,22,25). The number of aryl methyl sites for hydroxylation is 1. The Kier molecular flexibility index (Phi) is 6.40. The fourth-order valence-corrected chi connectivity index (χ4v) is 3.28.